The van der Waals surface area contributed by atoms with Gasteiger partial charge in [0.25, 0.3) is 0 Å². The molecule has 1 heterocycles. The molecule has 0 bridgehead atoms. The number of amides is 1. The van der Waals surface area contributed by atoms with Gasteiger partial charge >= 0.3 is 5.97 Å². The summed E-state index contributed by atoms with van der Waals surface area (Å²) in [6.45, 7) is 6.37. The second kappa shape index (κ2) is 6.00. The summed E-state index contributed by atoms with van der Waals surface area (Å²) in [5.41, 5.74) is 0. The van der Waals surface area contributed by atoms with Crippen LogP contribution in [0.1, 0.15) is 33.6 Å². The fourth-order valence-electron chi connectivity index (χ4n) is 1.98. The van der Waals surface area contributed by atoms with Crippen LogP contribution in [-0.2, 0) is 14.3 Å². The molecular weight excluding hydrogens is 222 g/mol. The Bertz CT molecular complexity index is 290. The zero-order valence-electron chi connectivity index (χ0n) is 10.6. The first-order valence-corrected chi connectivity index (χ1v) is 6.06. The van der Waals surface area contributed by atoms with E-state index in [0.29, 0.717) is 13.0 Å². The zero-order chi connectivity index (χ0) is 13.0. The van der Waals surface area contributed by atoms with Gasteiger partial charge in [-0.1, -0.05) is 20.8 Å². The van der Waals surface area contributed by atoms with Crippen LogP contribution in [0.5, 0.6) is 0 Å². The minimum atomic E-state index is -0.988. The van der Waals surface area contributed by atoms with Gasteiger partial charge in [-0.15, -0.1) is 0 Å². The van der Waals surface area contributed by atoms with Crippen LogP contribution in [0.15, 0.2) is 0 Å². The van der Waals surface area contributed by atoms with Gasteiger partial charge in [-0.3, -0.25) is 4.79 Å². The number of hydrogen-bond donors (Lipinski definition) is 2. The van der Waals surface area contributed by atoms with Crippen LogP contribution in [0.2, 0.25) is 0 Å². The highest BCUT2D eigenvalue weighted by Gasteiger charge is 2.33. The van der Waals surface area contributed by atoms with Gasteiger partial charge in [-0.05, 0) is 24.7 Å². The molecule has 0 aliphatic carbocycles. The molecule has 3 atom stereocenters. The quantitative estimate of drug-likeness (QED) is 0.756. The van der Waals surface area contributed by atoms with Gasteiger partial charge < -0.3 is 15.2 Å². The second-order valence-corrected chi connectivity index (χ2v) is 5.09. The number of carboxylic acid groups (broad SMARTS) is 1. The fraction of sp³-hybridized carbons (Fsp3) is 0.833. The minimum Gasteiger partial charge on any atom is -0.480 e. The van der Waals surface area contributed by atoms with E-state index in [4.69, 9.17) is 9.84 Å². The first-order chi connectivity index (χ1) is 7.91. The minimum absolute atomic E-state index is 0.156. The molecule has 5 nitrogen and oxygen atoms in total. The van der Waals surface area contributed by atoms with E-state index in [-0.39, 0.29) is 17.7 Å². The predicted molar refractivity (Wildman–Crippen MR) is 62.5 cm³/mol. The third-order valence-electron chi connectivity index (χ3n) is 2.97. The van der Waals surface area contributed by atoms with Crippen LogP contribution in [0.25, 0.3) is 0 Å². The Kier molecular flexibility index (Phi) is 4.93. The van der Waals surface area contributed by atoms with Gasteiger partial charge in [-0.2, -0.15) is 0 Å². The lowest BCUT2D eigenvalue weighted by atomic mass is 10.0. The van der Waals surface area contributed by atoms with Gasteiger partial charge in [0.2, 0.25) is 5.91 Å². The third kappa shape index (κ3) is 4.00. The number of nitrogens with one attached hydrogen (secondary N) is 1. The molecule has 0 aromatic heterocycles. The summed E-state index contributed by atoms with van der Waals surface area (Å²) in [5.74, 6) is -0.914. The van der Waals surface area contributed by atoms with Gasteiger partial charge in [0.05, 0.1) is 0 Å². The molecule has 0 aromatic rings. The topological polar surface area (TPSA) is 75.6 Å². The van der Waals surface area contributed by atoms with E-state index in [9.17, 15) is 9.59 Å². The Balaban J connectivity index is 2.54. The van der Waals surface area contributed by atoms with Crippen LogP contribution in [-0.4, -0.2) is 35.7 Å². The van der Waals surface area contributed by atoms with E-state index >= 15 is 0 Å². The SMILES string of the molecule is CC(C)CC(NC(=O)C1OCCC1C)C(=O)O. The average molecular weight is 243 g/mol. The van der Waals surface area contributed by atoms with Gasteiger partial charge in [-0.25, -0.2) is 4.79 Å². The highest BCUT2D eigenvalue weighted by atomic mass is 16.5. The Morgan fingerprint density at radius 1 is 1.47 bits per heavy atom. The Labute approximate surface area is 102 Å². The van der Waals surface area contributed by atoms with Crippen molar-refractivity contribution in [3.8, 4) is 0 Å². The van der Waals surface area contributed by atoms with Crippen LogP contribution >= 0.6 is 0 Å². The second-order valence-electron chi connectivity index (χ2n) is 5.09. The molecule has 1 fully saturated rings. The number of carbonyl (C=O) groups is 2. The molecule has 1 saturated heterocycles. The summed E-state index contributed by atoms with van der Waals surface area (Å²) >= 11 is 0. The standard InChI is InChI=1S/C12H21NO4/c1-7(2)6-9(12(15)16)13-11(14)10-8(3)4-5-17-10/h7-10H,4-6H2,1-3H3,(H,13,14)(H,15,16). The fourth-order valence-corrected chi connectivity index (χ4v) is 1.98. The van der Waals surface area contributed by atoms with E-state index < -0.39 is 18.1 Å². The molecule has 1 rings (SSSR count). The average Bonchev–Trinajstić information content (AvgIpc) is 2.62. The summed E-state index contributed by atoms with van der Waals surface area (Å²) in [4.78, 5) is 22.9. The smallest absolute Gasteiger partial charge is 0.326 e. The highest BCUT2D eigenvalue weighted by Crippen LogP contribution is 2.20. The Morgan fingerprint density at radius 3 is 2.53 bits per heavy atom. The van der Waals surface area contributed by atoms with Crippen molar-refractivity contribution in [3.05, 3.63) is 0 Å². The molecule has 2 N–H and O–H groups in total. The van der Waals surface area contributed by atoms with Gasteiger partial charge in [0.15, 0.2) is 0 Å². The molecular formula is C12H21NO4. The predicted octanol–water partition coefficient (Wildman–Crippen LogP) is 1.03. The van der Waals surface area contributed by atoms with Crippen molar-refractivity contribution in [3.63, 3.8) is 0 Å². The largest absolute Gasteiger partial charge is 0.480 e. The lowest BCUT2D eigenvalue weighted by Gasteiger charge is -2.20. The van der Waals surface area contributed by atoms with Crippen LogP contribution in [0.4, 0.5) is 0 Å². The zero-order valence-corrected chi connectivity index (χ0v) is 10.6. The van der Waals surface area contributed by atoms with E-state index in [1.54, 1.807) is 0 Å². The molecule has 0 saturated carbocycles. The maximum Gasteiger partial charge on any atom is 0.326 e. The first kappa shape index (κ1) is 14.0. The molecule has 1 aliphatic heterocycles. The Morgan fingerprint density at radius 2 is 2.12 bits per heavy atom. The summed E-state index contributed by atoms with van der Waals surface area (Å²) in [6.07, 6.45) is 0.784. The number of ether oxygens (including phenoxy) is 1. The maximum absolute atomic E-state index is 11.9. The lowest BCUT2D eigenvalue weighted by molar-refractivity contribution is -0.144. The molecule has 17 heavy (non-hydrogen) atoms. The van der Waals surface area contributed by atoms with Crippen molar-refractivity contribution in [1.82, 2.24) is 5.32 Å². The van der Waals surface area contributed by atoms with E-state index in [1.807, 2.05) is 20.8 Å². The molecule has 0 spiro atoms. The van der Waals surface area contributed by atoms with Crippen molar-refractivity contribution in [2.45, 2.75) is 45.8 Å². The molecule has 1 aliphatic rings. The molecule has 3 unspecified atom stereocenters. The van der Waals surface area contributed by atoms with Crippen LogP contribution in [0, 0.1) is 11.8 Å². The van der Waals surface area contributed by atoms with Crippen molar-refractivity contribution < 1.29 is 19.4 Å². The highest BCUT2D eigenvalue weighted by molar-refractivity contribution is 5.86. The number of carboxylic acids is 1. The van der Waals surface area contributed by atoms with E-state index in [1.165, 1.54) is 0 Å². The maximum atomic E-state index is 11.9. The van der Waals surface area contributed by atoms with Crippen molar-refractivity contribution >= 4 is 11.9 Å². The Hall–Kier alpha value is -1.10. The van der Waals surface area contributed by atoms with E-state index in [0.717, 1.165) is 6.42 Å². The summed E-state index contributed by atoms with van der Waals surface area (Å²) in [7, 11) is 0. The molecule has 1 amide bonds. The number of hydrogen-bond acceptors (Lipinski definition) is 3. The molecule has 5 heteroatoms. The van der Waals surface area contributed by atoms with Crippen LogP contribution < -0.4 is 5.32 Å². The van der Waals surface area contributed by atoms with Crippen molar-refractivity contribution in [2.75, 3.05) is 6.61 Å². The first-order valence-electron chi connectivity index (χ1n) is 6.06. The van der Waals surface area contributed by atoms with Crippen molar-refractivity contribution in [1.29, 1.82) is 0 Å². The van der Waals surface area contributed by atoms with Crippen molar-refractivity contribution in [2.24, 2.45) is 11.8 Å². The third-order valence-corrected chi connectivity index (χ3v) is 2.97. The van der Waals surface area contributed by atoms with Gasteiger partial charge in [0.1, 0.15) is 12.1 Å². The summed E-state index contributed by atoms with van der Waals surface area (Å²) in [6, 6.07) is -0.820. The molecule has 0 aromatic carbocycles. The molecule has 98 valence electrons. The van der Waals surface area contributed by atoms with Crippen LogP contribution in [0.3, 0.4) is 0 Å². The van der Waals surface area contributed by atoms with Gasteiger partial charge in [0, 0.05) is 6.61 Å². The number of rotatable bonds is 5. The lowest BCUT2D eigenvalue weighted by Crippen LogP contribution is -2.47. The normalized spacial score (nSPS) is 25.9. The number of aliphatic carboxylic acids is 1. The monoisotopic (exact) mass is 243 g/mol. The van der Waals surface area contributed by atoms with E-state index in [2.05, 4.69) is 5.32 Å². The summed E-state index contributed by atoms with van der Waals surface area (Å²) in [5, 5.41) is 11.6. The summed E-state index contributed by atoms with van der Waals surface area (Å²) < 4.78 is 5.31. The molecule has 0 radical (unpaired) electrons. The number of carbonyl (C=O) groups excluding carboxylic acids is 1.